The highest BCUT2D eigenvalue weighted by Gasteiger charge is 2.12. The molecule has 1 N–H and O–H groups in total. The second-order valence-electron chi connectivity index (χ2n) is 6.02. The molecule has 0 aliphatic heterocycles. The van der Waals surface area contributed by atoms with Gasteiger partial charge in [0.15, 0.2) is 0 Å². The fourth-order valence-electron chi connectivity index (χ4n) is 2.74. The zero-order valence-corrected chi connectivity index (χ0v) is 13.3. The van der Waals surface area contributed by atoms with Crippen molar-refractivity contribution in [2.24, 2.45) is 5.92 Å². The maximum atomic E-state index is 3.55. The molecule has 0 saturated heterocycles. The lowest BCUT2D eigenvalue weighted by Crippen LogP contribution is -2.24. The van der Waals surface area contributed by atoms with Gasteiger partial charge in [0.05, 0.1) is 0 Å². The van der Waals surface area contributed by atoms with E-state index in [0.717, 1.165) is 19.0 Å². The zero-order chi connectivity index (χ0) is 14.5. The second-order valence-corrected chi connectivity index (χ2v) is 6.02. The molecule has 0 saturated carbocycles. The molecule has 2 heteroatoms. The van der Waals surface area contributed by atoms with Gasteiger partial charge in [-0.15, -0.1) is 0 Å². The summed E-state index contributed by atoms with van der Waals surface area (Å²) in [6, 6.07) is 11.6. The topological polar surface area (TPSA) is 17.0 Å². The number of hydrogen-bond acceptors (Lipinski definition) is 1. The number of fused-ring (bicyclic) bond motifs is 1. The van der Waals surface area contributed by atoms with E-state index in [1.165, 1.54) is 29.4 Å². The molecule has 1 aromatic heterocycles. The summed E-state index contributed by atoms with van der Waals surface area (Å²) in [5.74, 6) is 0.767. The van der Waals surface area contributed by atoms with E-state index >= 15 is 0 Å². The van der Waals surface area contributed by atoms with Gasteiger partial charge in [-0.25, -0.2) is 0 Å². The molecule has 2 nitrogen and oxygen atoms in total. The van der Waals surface area contributed by atoms with Gasteiger partial charge >= 0.3 is 0 Å². The number of rotatable bonds is 7. The molecule has 20 heavy (non-hydrogen) atoms. The molecular formula is C18H28N2. The Morgan fingerprint density at radius 3 is 2.45 bits per heavy atom. The Balaban J connectivity index is 2.33. The van der Waals surface area contributed by atoms with Gasteiger partial charge < -0.3 is 9.88 Å². The number of benzene rings is 1. The molecule has 1 heterocycles. The van der Waals surface area contributed by atoms with Crippen LogP contribution in [0.4, 0.5) is 0 Å². The summed E-state index contributed by atoms with van der Waals surface area (Å²) < 4.78 is 2.52. The molecule has 1 aromatic carbocycles. The normalized spacial score (nSPS) is 11.9. The molecule has 2 rings (SSSR count). The van der Waals surface area contributed by atoms with Crippen LogP contribution in [0.3, 0.4) is 0 Å². The highest BCUT2D eigenvalue weighted by molar-refractivity contribution is 5.81. The lowest BCUT2D eigenvalue weighted by molar-refractivity contribution is 0.414. The van der Waals surface area contributed by atoms with Gasteiger partial charge in [-0.05, 0) is 23.4 Å². The summed E-state index contributed by atoms with van der Waals surface area (Å²) in [7, 11) is 0. The van der Waals surface area contributed by atoms with Crippen LogP contribution in [-0.4, -0.2) is 10.6 Å². The average Bonchev–Trinajstić information content (AvgIpc) is 2.80. The molecule has 0 amide bonds. The third kappa shape index (κ3) is 3.43. The number of nitrogens with one attached hydrogen (secondary N) is 1. The first-order chi connectivity index (χ1) is 9.65. The maximum Gasteiger partial charge on any atom is 0.0483 e. The smallest absolute Gasteiger partial charge is 0.0483 e. The van der Waals surface area contributed by atoms with Crippen molar-refractivity contribution in [2.45, 2.75) is 59.7 Å². The van der Waals surface area contributed by atoms with Gasteiger partial charge in [0, 0.05) is 30.3 Å². The predicted molar refractivity (Wildman–Crippen MR) is 88.0 cm³/mol. The minimum atomic E-state index is 0.523. The SMILES string of the molecule is CCC(CC)Cn1c(CNC(C)C)cc2ccccc21. The van der Waals surface area contributed by atoms with E-state index in [1.807, 2.05) is 0 Å². The molecule has 0 unspecified atom stereocenters. The standard InChI is InChI=1S/C18H28N2/c1-5-15(6-2)13-20-17(12-19-14(3)4)11-16-9-7-8-10-18(16)20/h7-11,14-15,19H,5-6,12-13H2,1-4H3. The van der Waals surface area contributed by atoms with Crippen LogP contribution in [0.5, 0.6) is 0 Å². The highest BCUT2D eigenvalue weighted by atomic mass is 15.0. The predicted octanol–water partition coefficient (Wildman–Crippen LogP) is 4.58. The Morgan fingerprint density at radius 1 is 1.10 bits per heavy atom. The van der Waals surface area contributed by atoms with Crippen LogP contribution < -0.4 is 5.32 Å². The van der Waals surface area contributed by atoms with Crippen molar-refractivity contribution in [3.8, 4) is 0 Å². The van der Waals surface area contributed by atoms with Gasteiger partial charge in [-0.2, -0.15) is 0 Å². The van der Waals surface area contributed by atoms with E-state index < -0.39 is 0 Å². The van der Waals surface area contributed by atoms with Crippen LogP contribution in [0, 0.1) is 5.92 Å². The van der Waals surface area contributed by atoms with E-state index in [-0.39, 0.29) is 0 Å². The van der Waals surface area contributed by atoms with Crippen molar-refractivity contribution >= 4 is 10.9 Å². The molecule has 0 bridgehead atoms. The quantitative estimate of drug-likeness (QED) is 0.781. The average molecular weight is 272 g/mol. The Morgan fingerprint density at radius 2 is 1.80 bits per heavy atom. The highest BCUT2D eigenvalue weighted by Crippen LogP contribution is 2.23. The van der Waals surface area contributed by atoms with Crippen molar-refractivity contribution in [3.63, 3.8) is 0 Å². The molecule has 110 valence electrons. The number of para-hydroxylation sites is 1. The van der Waals surface area contributed by atoms with Crippen LogP contribution in [0.15, 0.2) is 30.3 Å². The second kappa shape index (κ2) is 6.94. The Labute approximate surface area is 123 Å². The van der Waals surface area contributed by atoms with Crippen LogP contribution >= 0.6 is 0 Å². The van der Waals surface area contributed by atoms with Crippen molar-refractivity contribution in [1.82, 2.24) is 9.88 Å². The summed E-state index contributed by atoms with van der Waals surface area (Å²) in [6.45, 7) is 11.1. The van der Waals surface area contributed by atoms with E-state index in [9.17, 15) is 0 Å². The van der Waals surface area contributed by atoms with Gasteiger partial charge in [0.1, 0.15) is 0 Å². The number of aromatic nitrogens is 1. The molecule has 0 atom stereocenters. The first-order valence-electron chi connectivity index (χ1n) is 7.96. The third-order valence-electron chi connectivity index (χ3n) is 4.18. The van der Waals surface area contributed by atoms with Crippen molar-refractivity contribution < 1.29 is 0 Å². The third-order valence-corrected chi connectivity index (χ3v) is 4.18. The van der Waals surface area contributed by atoms with Gasteiger partial charge in [0.25, 0.3) is 0 Å². The summed E-state index contributed by atoms with van der Waals surface area (Å²) in [4.78, 5) is 0. The minimum absolute atomic E-state index is 0.523. The lowest BCUT2D eigenvalue weighted by atomic mass is 10.0. The molecule has 0 fully saturated rings. The van der Waals surface area contributed by atoms with Gasteiger partial charge in [-0.3, -0.25) is 0 Å². The Kier molecular flexibility index (Phi) is 5.24. The summed E-state index contributed by atoms with van der Waals surface area (Å²) in [6.07, 6.45) is 2.50. The van der Waals surface area contributed by atoms with E-state index in [1.54, 1.807) is 0 Å². The van der Waals surface area contributed by atoms with Crippen LogP contribution in [0.25, 0.3) is 10.9 Å². The number of nitrogens with zero attached hydrogens (tertiary/aromatic N) is 1. The van der Waals surface area contributed by atoms with Gasteiger partial charge in [-0.1, -0.05) is 58.7 Å². The summed E-state index contributed by atoms with van der Waals surface area (Å²) in [5, 5.41) is 4.91. The minimum Gasteiger partial charge on any atom is -0.343 e. The Bertz CT molecular complexity index is 535. The van der Waals surface area contributed by atoms with E-state index in [2.05, 4.69) is 67.9 Å². The first-order valence-corrected chi connectivity index (χ1v) is 7.96. The fourth-order valence-corrected chi connectivity index (χ4v) is 2.74. The molecule has 0 radical (unpaired) electrons. The van der Waals surface area contributed by atoms with Crippen LogP contribution in [-0.2, 0) is 13.1 Å². The first kappa shape index (κ1) is 15.1. The lowest BCUT2D eigenvalue weighted by Gasteiger charge is -2.18. The van der Waals surface area contributed by atoms with Crippen molar-refractivity contribution in [2.75, 3.05) is 0 Å². The molecule has 0 aliphatic carbocycles. The summed E-state index contributed by atoms with van der Waals surface area (Å²) >= 11 is 0. The summed E-state index contributed by atoms with van der Waals surface area (Å²) in [5.41, 5.74) is 2.78. The monoisotopic (exact) mass is 272 g/mol. The maximum absolute atomic E-state index is 3.55. The molecule has 0 aliphatic rings. The largest absolute Gasteiger partial charge is 0.343 e. The van der Waals surface area contributed by atoms with Gasteiger partial charge in [0.2, 0.25) is 0 Å². The van der Waals surface area contributed by atoms with Crippen molar-refractivity contribution in [3.05, 3.63) is 36.0 Å². The number of hydrogen-bond donors (Lipinski definition) is 1. The van der Waals surface area contributed by atoms with Crippen LogP contribution in [0.2, 0.25) is 0 Å². The molecular weight excluding hydrogens is 244 g/mol. The van der Waals surface area contributed by atoms with E-state index in [0.29, 0.717) is 6.04 Å². The van der Waals surface area contributed by atoms with Crippen LogP contribution in [0.1, 0.15) is 46.2 Å². The molecule has 0 spiro atoms. The van der Waals surface area contributed by atoms with E-state index in [4.69, 9.17) is 0 Å². The molecule has 2 aromatic rings. The van der Waals surface area contributed by atoms with Crippen molar-refractivity contribution in [1.29, 1.82) is 0 Å². The fraction of sp³-hybridized carbons (Fsp3) is 0.556. The Hall–Kier alpha value is -1.28. The zero-order valence-electron chi connectivity index (χ0n) is 13.3.